The molecule has 104 valence electrons. The van der Waals surface area contributed by atoms with E-state index in [9.17, 15) is 14.0 Å². The van der Waals surface area contributed by atoms with Gasteiger partial charge in [0.15, 0.2) is 6.67 Å². The summed E-state index contributed by atoms with van der Waals surface area (Å²) in [6, 6.07) is -0.139. The van der Waals surface area contributed by atoms with Gasteiger partial charge >= 0.3 is 6.09 Å². The van der Waals surface area contributed by atoms with E-state index >= 15 is 0 Å². The molecule has 18 heavy (non-hydrogen) atoms. The average molecular weight is 278 g/mol. The van der Waals surface area contributed by atoms with Crippen molar-refractivity contribution in [3.8, 4) is 0 Å². The molecule has 1 aliphatic rings. The van der Waals surface area contributed by atoms with Gasteiger partial charge in [-0.3, -0.25) is 9.69 Å². The lowest BCUT2D eigenvalue weighted by atomic mass is 10.2. The van der Waals surface area contributed by atoms with Gasteiger partial charge < -0.3 is 10.1 Å². The van der Waals surface area contributed by atoms with Gasteiger partial charge in [0.25, 0.3) is 5.91 Å². The smallest absolute Gasteiger partial charge is 0.411 e. The second-order valence-electron chi connectivity index (χ2n) is 5.04. The Morgan fingerprint density at radius 1 is 1.50 bits per heavy atom. The molecule has 0 aromatic rings. The molecule has 2 amide bonds. The van der Waals surface area contributed by atoms with E-state index in [1.54, 1.807) is 37.4 Å². The van der Waals surface area contributed by atoms with Crippen molar-refractivity contribution >= 4 is 23.8 Å². The molecular formula is C11H19FN2O3S. The summed E-state index contributed by atoms with van der Waals surface area (Å²) in [5.74, 6) is 0.590. The van der Waals surface area contributed by atoms with Crippen LogP contribution in [0.5, 0.6) is 0 Å². The van der Waals surface area contributed by atoms with Crippen molar-refractivity contribution in [1.82, 2.24) is 10.2 Å². The maximum atomic E-state index is 12.0. The lowest BCUT2D eigenvalue weighted by molar-refractivity contribution is -0.122. The Kier molecular flexibility index (Phi) is 5.25. The van der Waals surface area contributed by atoms with E-state index in [-0.39, 0.29) is 12.6 Å². The van der Waals surface area contributed by atoms with Crippen molar-refractivity contribution < 1.29 is 18.7 Å². The summed E-state index contributed by atoms with van der Waals surface area (Å²) >= 11 is 1.58. The lowest BCUT2D eigenvalue weighted by Crippen LogP contribution is -2.46. The lowest BCUT2D eigenvalue weighted by Gasteiger charge is -2.28. The van der Waals surface area contributed by atoms with E-state index in [2.05, 4.69) is 5.32 Å². The summed E-state index contributed by atoms with van der Waals surface area (Å²) in [5, 5.41) is 2.45. The number of halogens is 1. The molecule has 0 saturated carbocycles. The van der Waals surface area contributed by atoms with Gasteiger partial charge in [-0.05, 0) is 20.8 Å². The molecule has 1 N–H and O–H groups in total. The highest BCUT2D eigenvalue weighted by Gasteiger charge is 2.32. The SMILES string of the molecule is CC(C)(C)OC(=O)N1CSC[C@H]1CNC(=O)CF. The first kappa shape index (κ1) is 15.1. The van der Waals surface area contributed by atoms with Gasteiger partial charge in [-0.15, -0.1) is 11.8 Å². The molecular weight excluding hydrogens is 259 g/mol. The molecule has 0 spiro atoms. The number of nitrogens with zero attached hydrogens (tertiary/aromatic N) is 1. The number of ether oxygens (including phenoxy) is 1. The number of hydrogen-bond donors (Lipinski definition) is 1. The predicted octanol–water partition coefficient (Wildman–Crippen LogP) is 1.38. The molecule has 0 aromatic heterocycles. The predicted molar refractivity (Wildman–Crippen MR) is 68.2 cm³/mol. The van der Waals surface area contributed by atoms with Crippen LogP contribution in [-0.2, 0) is 9.53 Å². The fourth-order valence-electron chi connectivity index (χ4n) is 1.45. The van der Waals surface area contributed by atoms with Crippen LogP contribution in [0, 0.1) is 0 Å². The van der Waals surface area contributed by atoms with Gasteiger partial charge in [0.05, 0.1) is 11.9 Å². The molecule has 7 heteroatoms. The molecule has 0 bridgehead atoms. The third-order valence-electron chi connectivity index (χ3n) is 2.27. The van der Waals surface area contributed by atoms with Crippen LogP contribution in [0.4, 0.5) is 9.18 Å². The maximum Gasteiger partial charge on any atom is 0.411 e. The topological polar surface area (TPSA) is 58.6 Å². The number of carbonyl (C=O) groups is 2. The molecule has 0 unspecified atom stereocenters. The Morgan fingerprint density at radius 2 is 2.17 bits per heavy atom. The van der Waals surface area contributed by atoms with Crippen LogP contribution in [0.3, 0.4) is 0 Å². The van der Waals surface area contributed by atoms with Crippen molar-refractivity contribution in [3.05, 3.63) is 0 Å². The van der Waals surface area contributed by atoms with Crippen LogP contribution >= 0.6 is 11.8 Å². The van der Waals surface area contributed by atoms with Crippen molar-refractivity contribution in [2.75, 3.05) is 24.8 Å². The second kappa shape index (κ2) is 6.26. The summed E-state index contributed by atoms with van der Waals surface area (Å²) < 4.78 is 17.3. The molecule has 0 radical (unpaired) electrons. The minimum absolute atomic E-state index is 0.139. The van der Waals surface area contributed by atoms with Crippen molar-refractivity contribution in [1.29, 1.82) is 0 Å². The third-order valence-corrected chi connectivity index (χ3v) is 3.35. The first-order valence-electron chi connectivity index (χ1n) is 5.73. The number of alkyl halides is 1. The van der Waals surface area contributed by atoms with E-state index in [1.165, 1.54) is 0 Å². The van der Waals surface area contributed by atoms with Gasteiger partial charge in [-0.25, -0.2) is 9.18 Å². The van der Waals surface area contributed by atoms with E-state index < -0.39 is 24.3 Å². The van der Waals surface area contributed by atoms with Gasteiger partial charge in [-0.1, -0.05) is 0 Å². The molecule has 1 rings (SSSR count). The molecule has 1 saturated heterocycles. The molecule has 1 heterocycles. The van der Waals surface area contributed by atoms with Gasteiger partial charge in [0.1, 0.15) is 5.60 Å². The highest BCUT2D eigenvalue weighted by atomic mass is 32.2. The average Bonchev–Trinajstić information content (AvgIpc) is 2.71. The van der Waals surface area contributed by atoms with Crippen molar-refractivity contribution in [2.45, 2.75) is 32.4 Å². The number of thioether (sulfide) groups is 1. The highest BCUT2D eigenvalue weighted by molar-refractivity contribution is 7.99. The highest BCUT2D eigenvalue weighted by Crippen LogP contribution is 2.23. The zero-order valence-corrected chi connectivity index (χ0v) is 11.7. The maximum absolute atomic E-state index is 12.0. The Hall–Kier alpha value is -0.980. The van der Waals surface area contributed by atoms with Crippen molar-refractivity contribution in [3.63, 3.8) is 0 Å². The summed E-state index contributed by atoms with van der Waals surface area (Å²) in [6.07, 6.45) is -0.396. The number of nitrogens with one attached hydrogen (secondary N) is 1. The molecule has 0 aromatic carbocycles. The quantitative estimate of drug-likeness (QED) is 0.847. The summed E-state index contributed by atoms with van der Waals surface area (Å²) in [6.45, 7) is 4.62. The molecule has 0 aliphatic carbocycles. The van der Waals surface area contributed by atoms with E-state index in [1.807, 2.05) is 0 Å². The largest absolute Gasteiger partial charge is 0.444 e. The Morgan fingerprint density at radius 3 is 2.72 bits per heavy atom. The zero-order valence-electron chi connectivity index (χ0n) is 10.9. The molecule has 1 fully saturated rings. The van der Waals surface area contributed by atoms with Crippen LogP contribution in [0.15, 0.2) is 0 Å². The molecule has 1 atom stereocenters. The first-order valence-corrected chi connectivity index (χ1v) is 6.89. The first-order chi connectivity index (χ1) is 8.33. The van der Waals surface area contributed by atoms with E-state index in [0.29, 0.717) is 11.6 Å². The number of hydrogen-bond acceptors (Lipinski definition) is 4. The number of amides is 2. The minimum atomic E-state index is -1.04. The normalized spacial score (nSPS) is 19.8. The van der Waals surface area contributed by atoms with Gasteiger partial charge in [-0.2, -0.15) is 0 Å². The van der Waals surface area contributed by atoms with Crippen LogP contribution in [0.1, 0.15) is 20.8 Å². The fraction of sp³-hybridized carbons (Fsp3) is 0.818. The van der Waals surface area contributed by atoms with E-state index in [0.717, 1.165) is 0 Å². The molecule has 5 nitrogen and oxygen atoms in total. The summed E-state index contributed by atoms with van der Waals surface area (Å²) in [5.41, 5.74) is -0.545. The Bertz CT molecular complexity index is 320. The minimum Gasteiger partial charge on any atom is -0.444 e. The van der Waals surface area contributed by atoms with Gasteiger partial charge in [0, 0.05) is 12.3 Å². The third kappa shape index (κ3) is 4.72. The summed E-state index contributed by atoms with van der Waals surface area (Å²) in [7, 11) is 0. The van der Waals surface area contributed by atoms with Crippen LogP contribution in [0.2, 0.25) is 0 Å². The Balaban J connectivity index is 2.49. The zero-order chi connectivity index (χ0) is 13.8. The molecule has 1 aliphatic heterocycles. The fourth-order valence-corrected chi connectivity index (χ4v) is 2.64. The monoisotopic (exact) mass is 278 g/mol. The van der Waals surface area contributed by atoms with Crippen LogP contribution in [0.25, 0.3) is 0 Å². The van der Waals surface area contributed by atoms with Crippen LogP contribution < -0.4 is 5.32 Å². The Labute approximate surface area is 110 Å². The van der Waals surface area contributed by atoms with Gasteiger partial charge in [0.2, 0.25) is 0 Å². The number of rotatable bonds is 3. The standard InChI is InChI=1S/C11H19FN2O3S/c1-11(2,3)17-10(16)14-7-18-6-8(14)5-13-9(15)4-12/h8H,4-7H2,1-3H3,(H,13,15)/t8-/m1/s1. The van der Waals surface area contributed by atoms with E-state index in [4.69, 9.17) is 4.74 Å². The van der Waals surface area contributed by atoms with Crippen LogP contribution in [-0.4, -0.2) is 53.4 Å². The second-order valence-corrected chi connectivity index (χ2v) is 6.04. The van der Waals surface area contributed by atoms with Crippen molar-refractivity contribution in [2.24, 2.45) is 0 Å². The number of carbonyl (C=O) groups excluding carboxylic acids is 2. The summed E-state index contributed by atoms with van der Waals surface area (Å²) in [4.78, 5) is 24.3.